The molecule has 4 heterocycles. The second-order valence-corrected chi connectivity index (χ2v) is 6.87. The van der Waals surface area contributed by atoms with Gasteiger partial charge in [0.15, 0.2) is 5.82 Å². The monoisotopic (exact) mass is 451 g/mol. The molecule has 0 unspecified atom stereocenters. The summed E-state index contributed by atoms with van der Waals surface area (Å²) >= 11 is 0. The number of aromatic nitrogens is 7. The molecule has 180 valence electrons. The van der Waals surface area contributed by atoms with Crippen LogP contribution in [0.4, 0.5) is 0 Å². The number of hydrogen-bond donors (Lipinski definition) is 0. The van der Waals surface area contributed by atoms with Crippen molar-refractivity contribution in [3.8, 4) is 5.82 Å². The topological polar surface area (TPSA) is 73.8 Å². The Hall–Kier alpha value is -3.09. The van der Waals surface area contributed by atoms with E-state index in [9.17, 15) is 0 Å². The van der Waals surface area contributed by atoms with Crippen molar-refractivity contribution in [2.24, 2.45) is 0 Å². The molecular weight excluding hydrogens is 410 g/mol. The van der Waals surface area contributed by atoms with Crippen LogP contribution in [0, 0.1) is 27.7 Å². The summed E-state index contributed by atoms with van der Waals surface area (Å²) < 4.78 is 3.89. The molecule has 0 aromatic carbocycles. The van der Waals surface area contributed by atoms with Crippen molar-refractivity contribution in [3.05, 3.63) is 65.5 Å². The van der Waals surface area contributed by atoms with Crippen molar-refractivity contribution in [2.45, 2.75) is 88.0 Å². The van der Waals surface area contributed by atoms with E-state index in [4.69, 9.17) is 0 Å². The minimum Gasteiger partial charge on any atom is -0.304 e. The summed E-state index contributed by atoms with van der Waals surface area (Å²) in [5, 5.41) is 4.24. The Morgan fingerprint density at radius 3 is 1.97 bits per heavy atom. The van der Waals surface area contributed by atoms with Crippen LogP contribution in [0.1, 0.15) is 89.2 Å². The van der Waals surface area contributed by atoms with Gasteiger partial charge in [-0.05, 0) is 52.7 Å². The number of fused-ring (bicyclic) bond motifs is 1. The summed E-state index contributed by atoms with van der Waals surface area (Å²) in [7, 11) is 0. The first-order valence-electron chi connectivity index (χ1n) is 12.2. The lowest BCUT2D eigenvalue weighted by molar-refractivity contribution is 0.790. The first kappa shape index (κ1) is 27.9. The van der Waals surface area contributed by atoms with Crippen LogP contribution in [0.15, 0.2) is 36.7 Å². The molecular formula is C26H41N7. The third-order valence-corrected chi connectivity index (χ3v) is 4.62. The Morgan fingerprint density at radius 1 is 0.788 bits per heavy atom. The summed E-state index contributed by atoms with van der Waals surface area (Å²) in [6.07, 6.45) is 6.45. The maximum atomic E-state index is 4.64. The molecule has 0 N–H and O–H groups in total. The molecule has 0 atom stereocenters. The summed E-state index contributed by atoms with van der Waals surface area (Å²) in [6.45, 7) is 19.8. The molecule has 0 aliphatic heterocycles. The molecule has 4 aromatic rings. The average Bonchev–Trinajstić information content (AvgIpc) is 3.57. The van der Waals surface area contributed by atoms with Crippen LogP contribution in [-0.4, -0.2) is 34.1 Å². The number of nitrogens with zero attached hydrogens (tertiary/aromatic N) is 7. The van der Waals surface area contributed by atoms with E-state index >= 15 is 0 Å². The van der Waals surface area contributed by atoms with Crippen LogP contribution in [-0.2, 0) is 0 Å². The van der Waals surface area contributed by atoms with E-state index in [-0.39, 0.29) is 0 Å². The Balaban J connectivity index is 0.000000270. The van der Waals surface area contributed by atoms with Gasteiger partial charge in [-0.3, -0.25) is 0 Å². The quantitative estimate of drug-likeness (QED) is 0.344. The lowest BCUT2D eigenvalue weighted by atomic mass is 10.2. The van der Waals surface area contributed by atoms with Gasteiger partial charge in [0.1, 0.15) is 23.1 Å². The van der Waals surface area contributed by atoms with Gasteiger partial charge in [0.2, 0.25) is 0 Å². The van der Waals surface area contributed by atoms with E-state index < -0.39 is 0 Å². The van der Waals surface area contributed by atoms with Gasteiger partial charge >= 0.3 is 0 Å². The maximum Gasteiger partial charge on any atom is 0.159 e. The molecule has 0 saturated heterocycles. The molecule has 4 aromatic heterocycles. The van der Waals surface area contributed by atoms with E-state index in [1.54, 1.807) is 10.9 Å². The summed E-state index contributed by atoms with van der Waals surface area (Å²) in [5.41, 5.74) is 3.71. The van der Waals surface area contributed by atoms with Crippen LogP contribution in [0.5, 0.6) is 0 Å². The molecule has 1 aliphatic carbocycles. The molecule has 7 nitrogen and oxygen atoms in total. The molecule has 7 heteroatoms. The van der Waals surface area contributed by atoms with Gasteiger partial charge in [0.05, 0.1) is 5.69 Å². The highest BCUT2D eigenvalue weighted by atomic mass is 15.4. The third kappa shape index (κ3) is 7.48. The van der Waals surface area contributed by atoms with E-state index in [1.165, 1.54) is 24.2 Å². The van der Waals surface area contributed by atoms with E-state index in [2.05, 4.69) is 54.7 Å². The van der Waals surface area contributed by atoms with E-state index in [1.807, 2.05) is 74.4 Å². The highest BCUT2D eigenvalue weighted by molar-refractivity contribution is 5.44. The molecule has 0 radical (unpaired) electrons. The van der Waals surface area contributed by atoms with E-state index in [0.717, 1.165) is 34.9 Å². The Morgan fingerprint density at radius 2 is 1.45 bits per heavy atom. The van der Waals surface area contributed by atoms with Gasteiger partial charge in [0.25, 0.3) is 0 Å². The first-order chi connectivity index (χ1) is 16.0. The van der Waals surface area contributed by atoms with Crippen molar-refractivity contribution in [1.29, 1.82) is 0 Å². The van der Waals surface area contributed by atoms with Crippen LogP contribution in [0.3, 0.4) is 0 Å². The molecule has 33 heavy (non-hydrogen) atoms. The third-order valence-electron chi connectivity index (χ3n) is 4.62. The second kappa shape index (κ2) is 14.1. The Kier molecular flexibility index (Phi) is 12.0. The van der Waals surface area contributed by atoms with Gasteiger partial charge in [-0.15, -0.1) is 5.10 Å². The molecule has 1 aliphatic rings. The zero-order valence-electron chi connectivity index (χ0n) is 22.1. The fourth-order valence-electron chi connectivity index (χ4n) is 3.18. The average molecular weight is 452 g/mol. The SMILES string of the molecule is CC.CC.CC.Cc1c(C2CC2)nc2ccccn12.Cc1nccc(-n2nc(C)nc2C)n1. The zero-order chi connectivity index (χ0) is 25.0. The van der Waals surface area contributed by atoms with Crippen molar-refractivity contribution < 1.29 is 0 Å². The summed E-state index contributed by atoms with van der Waals surface area (Å²) in [5.74, 6) is 3.82. The van der Waals surface area contributed by atoms with E-state index in [0.29, 0.717) is 0 Å². The number of pyridine rings is 1. The minimum absolute atomic E-state index is 0.732. The molecule has 0 spiro atoms. The normalized spacial score (nSPS) is 11.6. The fourth-order valence-corrected chi connectivity index (χ4v) is 3.18. The summed E-state index contributed by atoms with van der Waals surface area (Å²) in [6, 6.07) is 7.98. The largest absolute Gasteiger partial charge is 0.304 e. The zero-order valence-corrected chi connectivity index (χ0v) is 22.1. The van der Waals surface area contributed by atoms with Crippen molar-refractivity contribution in [2.75, 3.05) is 0 Å². The van der Waals surface area contributed by atoms with Crippen LogP contribution in [0.2, 0.25) is 0 Å². The lowest BCUT2D eigenvalue weighted by Crippen LogP contribution is -2.03. The van der Waals surface area contributed by atoms with Crippen molar-refractivity contribution in [1.82, 2.24) is 34.1 Å². The standard InChI is InChI=1S/C11H12N2.C9H11N5.3C2H6/c1-8-11(9-5-6-9)12-10-4-2-3-7-13(8)10;1-6-10-5-4-9(12-6)14-8(3)11-7(2)13-14;3*1-2/h2-4,7,9H,5-6H2,1H3;4-5H,1-3H3;3*1-2H3. The molecule has 1 saturated carbocycles. The number of aryl methyl sites for hydroxylation is 4. The van der Waals surface area contributed by atoms with Crippen LogP contribution < -0.4 is 0 Å². The molecule has 0 bridgehead atoms. The number of hydrogen-bond acceptors (Lipinski definition) is 5. The number of rotatable bonds is 2. The number of imidazole rings is 1. The highest BCUT2D eigenvalue weighted by Gasteiger charge is 2.28. The first-order valence-corrected chi connectivity index (χ1v) is 12.2. The summed E-state index contributed by atoms with van der Waals surface area (Å²) in [4.78, 5) is 17.1. The smallest absolute Gasteiger partial charge is 0.159 e. The lowest BCUT2D eigenvalue weighted by Gasteiger charge is -2.01. The van der Waals surface area contributed by atoms with Gasteiger partial charge in [0, 0.05) is 30.1 Å². The van der Waals surface area contributed by atoms with Crippen LogP contribution in [0.25, 0.3) is 11.5 Å². The van der Waals surface area contributed by atoms with Gasteiger partial charge in [-0.2, -0.15) is 4.68 Å². The van der Waals surface area contributed by atoms with Gasteiger partial charge in [-0.1, -0.05) is 47.6 Å². The van der Waals surface area contributed by atoms with Crippen molar-refractivity contribution >= 4 is 5.65 Å². The predicted molar refractivity (Wildman–Crippen MR) is 137 cm³/mol. The Bertz CT molecular complexity index is 1090. The molecule has 0 amide bonds. The van der Waals surface area contributed by atoms with Crippen LogP contribution >= 0.6 is 0 Å². The molecule has 1 fully saturated rings. The Labute approximate surface area is 199 Å². The fraction of sp³-hybridized carbons (Fsp3) is 0.500. The molecule has 5 rings (SSSR count). The maximum absolute atomic E-state index is 4.64. The van der Waals surface area contributed by atoms with Crippen molar-refractivity contribution in [3.63, 3.8) is 0 Å². The predicted octanol–water partition coefficient (Wildman–Crippen LogP) is 6.58. The van der Waals surface area contributed by atoms with Gasteiger partial charge < -0.3 is 4.40 Å². The highest BCUT2D eigenvalue weighted by Crippen LogP contribution is 2.40. The minimum atomic E-state index is 0.732. The van der Waals surface area contributed by atoms with Gasteiger partial charge in [-0.25, -0.2) is 19.9 Å². The second-order valence-electron chi connectivity index (χ2n) is 6.87.